The van der Waals surface area contributed by atoms with E-state index in [1.165, 1.54) is 5.56 Å². The minimum absolute atomic E-state index is 0.111. The summed E-state index contributed by atoms with van der Waals surface area (Å²) in [5.41, 5.74) is 7.64. The first kappa shape index (κ1) is 19.7. The predicted molar refractivity (Wildman–Crippen MR) is 96.8 cm³/mol. The first-order valence-electron chi connectivity index (χ1n) is 7.95. The smallest absolute Gasteiger partial charge is 0.309 e. The molecule has 1 aliphatic rings. The van der Waals surface area contributed by atoms with Crippen LogP contribution >= 0.6 is 0 Å². The van der Waals surface area contributed by atoms with Gasteiger partial charge in [0.05, 0.1) is 12.5 Å². The fraction of sp³-hybridized carbons (Fsp3) is 0.588. The monoisotopic (exact) mass is 338 g/mol. The highest BCUT2D eigenvalue weighted by molar-refractivity contribution is 6.74. The van der Waals surface area contributed by atoms with E-state index in [0.29, 0.717) is 19.7 Å². The summed E-state index contributed by atoms with van der Waals surface area (Å²) in [6.45, 7) is 13.3. The Kier molecular flexibility index (Phi) is 6.79. The summed E-state index contributed by atoms with van der Waals surface area (Å²) >= 11 is 0. The molecule has 1 aromatic rings. The van der Waals surface area contributed by atoms with Gasteiger partial charge < -0.3 is 20.6 Å². The highest BCUT2D eigenvalue weighted by atomic mass is 28.4. The summed E-state index contributed by atoms with van der Waals surface area (Å²) in [4.78, 5) is 9.94. The highest BCUT2D eigenvalue weighted by Crippen LogP contribution is 2.37. The quantitative estimate of drug-likeness (QED) is 0.580. The molecule has 1 fully saturated rings. The summed E-state index contributed by atoms with van der Waals surface area (Å²) in [6, 6.07) is 7.90. The van der Waals surface area contributed by atoms with Gasteiger partial charge in [0.1, 0.15) is 0 Å². The van der Waals surface area contributed by atoms with Crippen molar-refractivity contribution >= 4 is 20.0 Å². The van der Waals surface area contributed by atoms with Gasteiger partial charge in [-0.05, 0) is 35.8 Å². The van der Waals surface area contributed by atoms with Gasteiger partial charge >= 0.3 is 5.97 Å². The van der Waals surface area contributed by atoms with Gasteiger partial charge in [0, 0.05) is 18.8 Å². The third-order valence-electron chi connectivity index (χ3n) is 4.52. The van der Waals surface area contributed by atoms with E-state index in [9.17, 15) is 4.79 Å². The van der Waals surface area contributed by atoms with Gasteiger partial charge in [-0.3, -0.25) is 4.79 Å². The number of carboxylic acids is 1. The number of nitrogen functional groups attached to an aromatic ring is 1. The van der Waals surface area contributed by atoms with Crippen molar-refractivity contribution in [3.8, 4) is 0 Å². The van der Waals surface area contributed by atoms with Crippen LogP contribution in [0.25, 0.3) is 0 Å². The lowest BCUT2D eigenvalue weighted by Gasteiger charge is -2.36. The van der Waals surface area contributed by atoms with E-state index in [4.69, 9.17) is 15.3 Å². The maximum atomic E-state index is 9.94. The molecule has 1 aliphatic heterocycles. The Bertz CT molecular complexity index is 506. The molecule has 1 saturated heterocycles. The average molecular weight is 339 g/mol. The van der Waals surface area contributed by atoms with Crippen LogP contribution in [0.4, 0.5) is 5.69 Å². The third-order valence-corrected chi connectivity index (χ3v) is 8.99. The molecule has 0 aliphatic carbocycles. The molecule has 6 heteroatoms. The SMILES string of the molecule is CC(C)(C)[Si](C)(C)OCc1ccc(N)cc1.O=C(O)C1CNC1. The van der Waals surface area contributed by atoms with Crippen LogP contribution in [0.3, 0.4) is 0 Å². The van der Waals surface area contributed by atoms with Crippen molar-refractivity contribution in [1.82, 2.24) is 5.32 Å². The van der Waals surface area contributed by atoms with E-state index in [2.05, 4.69) is 39.2 Å². The standard InChI is InChI=1S/C13H23NOSi.C4H7NO2/c1-13(2,3)16(4,5)15-10-11-6-8-12(14)9-7-11;6-4(7)3-1-5-2-3/h6-9H,10,14H2,1-5H3;3,5H,1-2H2,(H,6,7). The summed E-state index contributed by atoms with van der Waals surface area (Å²) in [5, 5.41) is 11.3. The number of aliphatic carboxylic acids is 1. The molecule has 1 heterocycles. The number of benzene rings is 1. The zero-order chi connectivity index (χ0) is 17.7. The largest absolute Gasteiger partial charge is 0.481 e. The van der Waals surface area contributed by atoms with Crippen molar-refractivity contribution in [3.63, 3.8) is 0 Å². The molecule has 0 bridgehead atoms. The van der Waals surface area contributed by atoms with Gasteiger partial charge in [-0.1, -0.05) is 32.9 Å². The number of nitrogens with one attached hydrogen (secondary N) is 1. The molecular weight excluding hydrogens is 308 g/mol. The van der Waals surface area contributed by atoms with Crippen LogP contribution in [-0.2, 0) is 15.8 Å². The Morgan fingerprint density at radius 3 is 2.13 bits per heavy atom. The molecule has 4 N–H and O–H groups in total. The van der Waals surface area contributed by atoms with Gasteiger partial charge in [0.15, 0.2) is 8.32 Å². The fourth-order valence-electron chi connectivity index (χ4n) is 1.56. The molecule has 0 radical (unpaired) electrons. The number of carbonyl (C=O) groups is 1. The number of carboxylic acid groups (broad SMARTS) is 1. The van der Waals surface area contributed by atoms with Crippen LogP contribution in [0.2, 0.25) is 18.1 Å². The van der Waals surface area contributed by atoms with E-state index >= 15 is 0 Å². The maximum absolute atomic E-state index is 9.94. The van der Waals surface area contributed by atoms with Crippen molar-refractivity contribution in [2.24, 2.45) is 5.92 Å². The van der Waals surface area contributed by atoms with Crippen molar-refractivity contribution in [1.29, 1.82) is 0 Å². The lowest BCUT2D eigenvalue weighted by molar-refractivity contribution is -0.143. The molecule has 130 valence electrons. The number of hydrogen-bond donors (Lipinski definition) is 3. The molecule has 0 amide bonds. The Hall–Kier alpha value is -1.37. The molecule has 0 atom stereocenters. The fourth-order valence-corrected chi connectivity index (χ4v) is 2.52. The molecule has 5 nitrogen and oxygen atoms in total. The Morgan fingerprint density at radius 2 is 1.83 bits per heavy atom. The molecular formula is C17H30N2O3Si. The van der Waals surface area contributed by atoms with Crippen molar-refractivity contribution < 1.29 is 14.3 Å². The van der Waals surface area contributed by atoms with Crippen LogP contribution in [-0.4, -0.2) is 32.5 Å². The summed E-state index contributed by atoms with van der Waals surface area (Å²) < 4.78 is 6.12. The second-order valence-electron chi connectivity index (χ2n) is 7.48. The van der Waals surface area contributed by atoms with E-state index < -0.39 is 14.3 Å². The normalized spacial score (nSPS) is 15.3. The second kappa shape index (κ2) is 7.94. The van der Waals surface area contributed by atoms with E-state index in [1.54, 1.807) is 0 Å². The second-order valence-corrected chi connectivity index (χ2v) is 12.3. The van der Waals surface area contributed by atoms with Crippen LogP contribution in [0.1, 0.15) is 26.3 Å². The topological polar surface area (TPSA) is 84.6 Å². The Labute approximate surface area is 140 Å². The molecule has 0 saturated carbocycles. The Balaban J connectivity index is 0.000000313. The first-order chi connectivity index (χ1) is 10.5. The molecule has 1 aromatic carbocycles. The van der Waals surface area contributed by atoms with Crippen molar-refractivity contribution in [2.45, 2.75) is 45.5 Å². The maximum Gasteiger partial charge on any atom is 0.309 e. The molecule has 0 aromatic heterocycles. The molecule has 0 spiro atoms. The summed E-state index contributed by atoms with van der Waals surface area (Å²) in [6.07, 6.45) is 0. The van der Waals surface area contributed by atoms with Crippen molar-refractivity contribution in [2.75, 3.05) is 18.8 Å². The van der Waals surface area contributed by atoms with E-state index in [-0.39, 0.29) is 11.0 Å². The van der Waals surface area contributed by atoms with E-state index in [0.717, 1.165) is 5.69 Å². The van der Waals surface area contributed by atoms with Gasteiger partial charge in [-0.15, -0.1) is 0 Å². The van der Waals surface area contributed by atoms with E-state index in [1.807, 2.05) is 24.3 Å². The summed E-state index contributed by atoms with van der Waals surface area (Å²) in [7, 11) is -1.63. The predicted octanol–water partition coefficient (Wildman–Crippen LogP) is 3.08. The van der Waals surface area contributed by atoms with Crippen LogP contribution in [0, 0.1) is 5.92 Å². The number of hydrogen-bond acceptors (Lipinski definition) is 4. The highest BCUT2D eigenvalue weighted by Gasteiger charge is 2.36. The van der Waals surface area contributed by atoms with Gasteiger partial charge in [0.2, 0.25) is 0 Å². The van der Waals surface area contributed by atoms with Crippen LogP contribution in [0.15, 0.2) is 24.3 Å². The first-order valence-corrected chi connectivity index (χ1v) is 10.9. The minimum Gasteiger partial charge on any atom is -0.481 e. The lowest BCUT2D eigenvalue weighted by Crippen LogP contribution is -2.46. The lowest BCUT2D eigenvalue weighted by atomic mass is 10.1. The number of nitrogens with two attached hydrogens (primary N) is 1. The molecule has 2 rings (SSSR count). The average Bonchev–Trinajstić information content (AvgIpc) is 2.35. The van der Waals surface area contributed by atoms with Crippen LogP contribution in [0.5, 0.6) is 0 Å². The van der Waals surface area contributed by atoms with Gasteiger partial charge in [0.25, 0.3) is 0 Å². The van der Waals surface area contributed by atoms with Crippen molar-refractivity contribution in [3.05, 3.63) is 29.8 Å². The van der Waals surface area contributed by atoms with Crippen LogP contribution < -0.4 is 11.1 Å². The Morgan fingerprint density at radius 1 is 1.30 bits per heavy atom. The van der Waals surface area contributed by atoms with Gasteiger partial charge in [-0.25, -0.2) is 0 Å². The molecule has 0 unspecified atom stereocenters. The minimum atomic E-state index is -1.63. The zero-order valence-corrected chi connectivity index (χ0v) is 15.8. The number of rotatable bonds is 4. The third kappa shape index (κ3) is 6.33. The van der Waals surface area contributed by atoms with Gasteiger partial charge in [-0.2, -0.15) is 0 Å². The summed E-state index contributed by atoms with van der Waals surface area (Å²) in [5.74, 6) is -0.793. The number of anilines is 1. The molecule has 23 heavy (non-hydrogen) atoms. The zero-order valence-electron chi connectivity index (χ0n) is 14.8.